The van der Waals surface area contributed by atoms with Gasteiger partial charge in [-0.15, -0.1) is 6.58 Å². The van der Waals surface area contributed by atoms with Crippen molar-refractivity contribution in [2.45, 2.75) is 102 Å². The zero-order valence-electron chi connectivity index (χ0n) is 31.9. The molecule has 3 heterocycles. The second-order valence-electron chi connectivity index (χ2n) is 16.7. The van der Waals surface area contributed by atoms with Crippen LogP contribution in [0.4, 0.5) is 4.79 Å². The summed E-state index contributed by atoms with van der Waals surface area (Å²) in [6.45, 7) is 13.1. The highest BCUT2D eigenvalue weighted by atomic mass is 35.5. The first kappa shape index (κ1) is 38.4. The van der Waals surface area contributed by atoms with Crippen molar-refractivity contribution >= 4 is 46.4 Å². The molecule has 1 aliphatic heterocycles. The molecule has 1 saturated heterocycles. The predicted octanol–water partition coefficient (Wildman–Crippen LogP) is 6.11. The molecule has 8 atom stereocenters. The Labute approximate surface area is 324 Å². The molecular formula is C40H48ClN5O9. The number of benzene rings is 1. The van der Waals surface area contributed by atoms with E-state index in [-0.39, 0.29) is 36.4 Å². The van der Waals surface area contributed by atoms with Gasteiger partial charge in [-0.05, 0) is 55.1 Å². The van der Waals surface area contributed by atoms with Gasteiger partial charge in [-0.3, -0.25) is 9.59 Å². The molecule has 3 aliphatic carbocycles. The van der Waals surface area contributed by atoms with Crippen molar-refractivity contribution in [3.05, 3.63) is 47.7 Å². The molecule has 0 bridgehead atoms. The Hall–Kier alpha value is -4.85. The third-order valence-electron chi connectivity index (χ3n) is 11.4. The number of fused-ring (bicyclic) bond motifs is 2. The van der Waals surface area contributed by atoms with Gasteiger partial charge in [0.15, 0.2) is 0 Å². The second-order valence-corrected chi connectivity index (χ2v) is 17.1. The third kappa shape index (κ3) is 7.44. The van der Waals surface area contributed by atoms with Crippen LogP contribution in [0.15, 0.2) is 41.4 Å². The fraction of sp³-hybridized carbons (Fsp3) is 0.550. The summed E-state index contributed by atoms with van der Waals surface area (Å²) < 4.78 is 23.4. The van der Waals surface area contributed by atoms with Gasteiger partial charge in [0.25, 0.3) is 0 Å². The van der Waals surface area contributed by atoms with Crippen molar-refractivity contribution < 1.29 is 43.0 Å². The lowest BCUT2D eigenvalue weighted by Crippen LogP contribution is -2.59. The number of alkyl carbamates (subject to hydrolysis) is 1. The van der Waals surface area contributed by atoms with Crippen LogP contribution in [0.2, 0.25) is 5.02 Å². The van der Waals surface area contributed by atoms with Crippen molar-refractivity contribution in [1.29, 1.82) is 0 Å². The summed E-state index contributed by atoms with van der Waals surface area (Å²) in [5.41, 5.74) is -1.07. The van der Waals surface area contributed by atoms with Crippen LogP contribution < -0.4 is 20.1 Å². The summed E-state index contributed by atoms with van der Waals surface area (Å²) in [7, 11) is 1.50. The monoisotopic (exact) mass is 777 g/mol. The van der Waals surface area contributed by atoms with Gasteiger partial charge in [0.05, 0.1) is 24.9 Å². The lowest BCUT2D eigenvalue weighted by molar-refractivity contribution is -0.146. The molecule has 0 spiro atoms. The van der Waals surface area contributed by atoms with Crippen LogP contribution in [0.1, 0.15) is 78.4 Å². The average Bonchev–Trinajstić information content (AvgIpc) is 3.77. The number of likely N-dealkylation sites (tertiary alicyclic amines) is 1. The first-order valence-electron chi connectivity index (χ1n) is 18.8. The minimum atomic E-state index is -1.53. The maximum absolute atomic E-state index is 14.6. The minimum Gasteiger partial charge on any atom is -0.495 e. The van der Waals surface area contributed by atoms with Crippen LogP contribution in [0.25, 0.3) is 22.3 Å². The Bertz CT molecular complexity index is 2030. The molecule has 2 aromatic heterocycles. The quantitative estimate of drug-likeness (QED) is 0.181. The number of carboxylic acids is 1. The average molecular weight is 778 g/mol. The maximum atomic E-state index is 14.6. The third-order valence-corrected chi connectivity index (χ3v) is 11.8. The Morgan fingerprint density at radius 3 is 2.40 bits per heavy atom. The SMILES string of the molecule is C=C[C@@H]1C[C@]1(NC(=O)[C@@H]1C[C@@H](Oc2cc(-c3cc(C(C)C)on3)nc3c(Cl)c(OC)ccc23)CN1C(=O)[C@@H](NC(=O)OC1C[C@@H]2C[C@@H]2C1)C(C)(C)C)C(=O)O. The van der Waals surface area contributed by atoms with Gasteiger partial charge in [-0.25, -0.2) is 14.6 Å². The van der Waals surface area contributed by atoms with E-state index in [2.05, 4.69) is 22.4 Å². The number of halogens is 1. The van der Waals surface area contributed by atoms with Crippen LogP contribution in [0.3, 0.4) is 0 Å². The van der Waals surface area contributed by atoms with Crippen molar-refractivity contribution in [2.24, 2.45) is 23.2 Å². The highest BCUT2D eigenvalue weighted by Gasteiger charge is 2.61. The Morgan fingerprint density at radius 1 is 1.07 bits per heavy atom. The zero-order valence-corrected chi connectivity index (χ0v) is 32.6. The Morgan fingerprint density at radius 2 is 1.80 bits per heavy atom. The van der Waals surface area contributed by atoms with E-state index in [1.165, 1.54) is 24.5 Å². The summed E-state index contributed by atoms with van der Waals surface area (Å²) >= 11 is 6.78. The number of nitrogens with zero attached hydrogens (tertiary/aromatic N) is 3. The van der Waals surface area contributed by atoms with Gasteiger partial charge in [0.2, 0.25) is 11.8 Å². The summed E-state index contributed by atoms with van der Waals surface area (Å²) in [6.07, 6.45) is 2.84. The molecule has 14 nitrogen and oxygen atoms in total. The summed E-state index contributed by atoms with van der Waals surface area (Å²) in [4.78, 5) is 60.5. The van der Waals surface area contributed by atoms with Gasteiger partial charge in [0.1, 0.15) is 57.8 Å². The number of amides is 3. The van der Waals surface area contributed by atoms with Crippen LogP contribution in [-0.2, 0) is 19.1 Å². The molecule has 55 heavy (non-hydrogen) atoms. The normalized spacial score (nSPS) is 27.3. The molecule has 1 aromatic carbocycles. The molecule has 4 aliphatic rings. The lowest BCUT2D eigenvalue weighted by atomic mass is 9.85. The predicted molar refractivity (Wildman–Crippen MR) is 202 cm³/mol. The Kier molecular flexibility index (Phi) is 10.0. The molecule has 1 unspecified atom stereocenters. The van der Waals surface area contributed by atoms with Crippen LogP contribution >= 0.6 is 11.6 Å². The summed E-state index contributed by atoms with van der Waals surface area (Å²) in [6, 6.07) is 4.73. The van der Waals surface area contributed by atoms with E-state index in [4.69, 9.17) is 35.3 Å². The molecule has 294 valence electrons. The Balaban J connectivity index is 1.21. The first-order chi connectivity index (χ1) is 26.0. The van der Waals surface area contributed by atoms with E-state index in [1.807, 2.05) is 34.6 Å². The molecule has 4 fully saturated rings. The molecule has 15 heteroatoms. The fourth-order valence-corrected chi connectivity index (χ4v) is 8.31. The van der Waals surface area contributed by atoms with E-state index >= 15 is 0 Å². The number of rotatable bonds is 12. The number of aliphatic carboxylic acids is 1. The minimum absolute atomic E-state index is 0.0166. The van der Waals surface area contributed by atoms with Gasteiger partial charge in [-0.1, -0.05) is 57.5 Å². The zero-order chi connectivity index (χ0) is 39.6. The molecule has 7 rings (SSSR count). The van der Waals surface area contributed by atoms with Crippen molar-refractivity contribution in [2.75, 3.05) is 13.7 Å². The smallest absolute Gasteiger partial charge is 0.408 e. The number of pyridine rings is 1. The van der Waals surface area contributed by atoms with Gasteiger partial charge in [0, 0.05) is 35.8 Å². The van der Waals surface area contributed by atoms with Gasteiger partial charge < -0.3 is 39.4 Å². The number of carboxylic acid groups (broad SMARTS) is 1. The van der Waals surface area contributed by atoms with E-state index in [0.29, 0.717) is 51.4 Å². The number of methoxy groups -OCH3 is 1. The highest BCUT2D eigenvalue weighted by molar-refractivity contribution is 6.36. The first-order valence-corrected chi connectivity index (χ1v) is 19.2. The van der Waals surface area contributed by atoms with Crippen molar-refractivity contribution in [3.8, 4) is 22.9 Å². The number of ether oxygens (including phenoxy) is 3. The lowest BCUT2D eigenvalue weighted by Gasteiger charge is -2.35. The number of hydrogen-bond donors (Lipinski definition) is 3. The number of carbonyl (C=O) groups excluding carboxylic acids is 3. The molecule has 3 N–H and O–H groups in total. The molecular weight excluding hydrogens is 730 g/mol. The summed E-state index contributed by atoms with van der Waals surface area (Å²) in [5, 5.41) is 20.6. The van der Waals surface area contributed by atoms with Crippen LogP contribution in [0.5, 0.6) is 11.5 Å². The molecule has 3 saturated carbocycles. The largest absolute Gasteiger partial charge is 0.495 e. The molecule has 0 radical (unpaired) electrons. The standard InChI is InChI=1S/C40H48ClN5O9/c1-8-22-17-40(22,37(49)50)44-35(47)28-14-24(18-46(28)36(48)34(39(4,5)6)43-38(51)54-23-12-20-11-21(20)13-23)53-31-15-26(27-16-30(19(2)3)55-45-27)42-33-25(31)9-10-29(52-7)32(33)41/h8-10,15-16,19-24,28,34H,1,11-14,17-18H2,2-7H3,(H,43,51)(H,44,47)(H,49,50)/t20-,21+,22-,23?,24-,28+,34-,40-/m1/s1. The number of aromatic nitrogens is 2. The number of hydrogen-bond acceptors (Lipinski definition) is 10. The molecule has 3 amide bonds. The summed E-state index contributed by atoms with van der Waals surface area (Å²) in [5.74, 6) is -0.144. The van der Waals surface area contributed by atoms with Gasteiger partial charge in [-0.2, -0.15) is 0 Å². The van der Waals surface area contributed by atoms with E-state index < -0.39 is 58.9 Å². The van der Waals surface area contributed by atoms with Gasteiger partial charge >= 0.3 is 12.1 Å². The van der Waals surface area contributed by atoms with Crippen LogP contribution in [0, 0.1) is 23.2 Å². The topological polar surface area (TPSA) is 182 Å². The van der Waals surface area contributed by atoms with Crippen molar-refractivity contribution in [3.63, 3.8) is 0 Å². The van der Waals surface area contributed by atoms with E-state index in [9.17, 15) is 24.3 Å². The van der Waals surface area contributed by atoms with E-state index in [1.54, 1.807) is 24.3 Å². The highest BCUT2D eigenvalue weighted by Crippen LogP contribution is 2.52. The molecule has 3 aromatic rings. The number of carbonyl (C=O) groups is 4. The van der Waals surface area contributed by atoms with E-state index in [0.717, 1.165) is 12.8 Å². The van der Waals surface area contributed by atoms with Crippen molar-refractivity contribution in [1.82, 2.24) is 25.7 Å². The number of nitrogens with one attached hydrogen (secondary N) is 2. The maximum Gasteiger partial charge on any atom is 0.408 e. The van der Waals surface area contributed by atoms with Crippen LogP contribution in [-0.4, -0.2) is 87.5 Å². The fourth-order valence-electron chi connectivity index (χ4n) is 8.02. The second kappa shape index (κ2) is 14.3.